The summed E-state index contributed by atoms with van der Waals surface area (Å²) >= 11 is 0. The number of hydrogen-bond acceptors (Lipinski definition) is 3. The highest BCUT2D eigenvalue weighted by molar-refractivity contribution is 5.66. The van der Waals surface area contributed by atoms with Crippen LogP contribution in [0.1, 0.15) is 12.5 Å². The van der Waals surface area contributed by atoms with Crippen LogP contribution in [0.25, 0.3) is 0 Å². The SMILES string of the molecule is C=CC(C)Nc1c(C)cccc1[N+](=O)[O-]. The first-order valence-electron chi connectivity index (χ1n) is 4.69. The van der Waals surface area contributed by atoms with Crippen LogP contribution in [0.15, 0.2) is 30.9 Å². The quantitative estimate of drug-likeness (QED) is 0.468. The summed E-state index contributed by atoms with van der Waals surface area (Å²) in [6.45, 7) is 7.36. The Labute approximate surface area is 88.8 Å². The van der Waals surface area contributed by atoms with Crippen LogP contribution in [-0.2, 0) is 0 Å². The Morgan fingerprint density at radius 1 is 1.60 bits per heavy atom. The van der Waals surface area contributed by atoms with Gasteiger partial charge in [0.2, 0.25) is 0 Å². The lowest BCUT2D eigenvalue weighted by atomic mass is 10.1. The highest BCUT2D eigenvalue weighted by atomic mass is 16.6. The molecule has 0 saturated carbocycles. The first kappa shape index (κ1) is 11.2. The predicted molar refractivity (Wildman–Crippen MR) is 61.1 cm³/mol. The minimum atomic E-state index is -0.384. The molecule has 0 bridgehead atoms. The van der Waals surface area contributed by atoms with E-state index < -0.39 is 0 Å². The lowest BCUT2D eigenvalue weighted by molar-refractivity contribution is -0.384. The molecule has 1 aromatic carbocycles. The lowest BCUT2D eigenvalue weighted by Gasteiger charge is -2.13. The molecule has 0 aromatic heterocycles. The van der Waals surface area contributed by atoms with Crippen molar-refractivity contribution in [3.63, 3.8) is 0 Å². The van der Waals surface area contributed by atoms with Crippen molar-refractivity contribution in [3.8, 4) is 0 Å². The number of nitrogens with zero attached hydrogens (tertiary/aromatic N) is 1. The number of anilines is 1. The van der Waals surface area contributed by atoms with Gasteiger partial charge in [-0.15, -0.1) is 6.58 Å². The maximum absolute atomic E-state index is 10.8. The molecule has 0 aliphatic rings. The zero-order valence-corrected chi connectivity index (χ0v) is 8.86. The number of para-hydroxylation sites is 1. The smallest absolute Gasteiger partial charge is 0.292 e. The first-order chi connectivity index (χ1) is 7.06. The van der Waals surface area contributed by atoms with Crippen LogP contribution in [0.2, 0.25) is 0 Å². The van der Waals surface area contributed by atoms with Crippen molar-refractivity contribution in [1.82, 2.24) is 0 Å². The second-order valence-electron chi connectivity index (χ2n) is 3.39. The molecule has 1 N–H and O–H groups in total. The van der Waals surface area contributed by atoms with Gasteiger partial charge in [0.25, 0.3) is 5.69 Å². The van der Waals surface area contributed by atoms with Crippen molar-refractivity contribution in [2.45, 2.75) is 19.9 Å². The van der Waals surface area contributed by atoms with Crippen molar-refractivity contribution >= 4 is 11.4 Å². The van der Waals surface area contributed by atoms with Crippen molar-refractivity contribution < 1.29 is 4.92 Å². The van der Waals surface area contributed by atoms with Gasteiger partial charge < -0.3 is 5.32 Å². The highest BCUT2D eigenvalue weighted by Crippen LogP contribution is 2.28. The minimum Gasteiger partial charge on any atom is -0.373 e. The molecule has 0 fully saturated rings. The largest absolute Gasteiger partial charge is 0.373 e. The monoisotopic (exact) mass is 206 g/mol. The molecular weight excluding hydrogens is 192 g/mol. The summed E-state index contributed by atoms with van der Waals surface area (Å²) in [4.78, 5) is 10.4. The molecule has 1 aromatic rings. The number of nitrogens with one attached hydrogen (secondary N) is 1. The molecule has 0 aliphatic carbocycles. The second-order valence-corrected chi connectivity index (χ2v) is 3.39. The van der Waals surface area contributed by atoms with E-state index in [2.05, 4.69) is 11.9 Å². The Hall–Kier alpha value is -1.84. The standard InChI is InChI=1S/C11H14N2O2/c1-4-9(3)12-11-8(2)6-5-7-10(11)13(14)15/h4-7,9,12H,1H2,2-3H3. The number of aryl methyl sites for hydroxylation is 1. The maximum Gasteiger partial charge on any atom is 0.292 e. The fourth-order valence-corrected chi connectivity index (χ4v) is 1.28. The van der Waals surface area contributed by atoms with Crippen LogP contribution in [-0.4, -0.2) is 11.0 Å². The van der Waals surface area contributed by atoms with Gasteiger partial charge in [0.05, 0.1) is 4.92 Å². The molecule has 4 nitrogen and oxygen atoms in total. The zero-order chi connectivity index (χ0) is 11.4. The third-order valence-electron chi connectivity index (χ3n) is 2.17. The molecule has 1 rings (SSSR count). The van der Waals surface area contributed by atoms with E-state index >= 15 is 0 Å². The molecule has 0 amide bonds. The lowest BCUT2D eigenvalue weighted by Crippen LogP contribution is -2.13. The van der Waals surface area contributed by atoms with Gasteiger partial charge in [0.15, 0.2) is 0 Å². The summed E-state index contributed by atoms with van der Waals surface area (Å²) in [6.07, 6.45) is 1.70. The molecular formula is C11H14N2O2. The predicted octanol–water partition coefficient (Wildman–Crippen LogP) is 2.89. The van der Waals surface area contributed by atoms with Crippen LogP contribution in [0.4, 0.5) is 11.4 Å². The fourth-order valence-electron chi connectivity index (χ4n) is 1.28. The third-order valence-corrected chi connectivity index (χ3v) is 2.17. The van der Waals surface area contributed by atoms with E-state index in [9.17, 15) is 10.1 Å². The molecule has 15 heavy (non-hydrogen) atoms. The summed E-state index contributed by atoms with van der Waals surface area (Å²) in [7, 11) is 0. The number of benzene rings is 1. The van der Waals surface area contributed by atoms with Crippen molar-refractivity contribution in [2.75, 3.05) is 5.32 Å². The fraction of sp³-hybridized carbons (Fsp3) is 0.273. The minimum absolute atomic E-state index is 0.00444. The molecule has 0 spiro atoms. The number of rotatable bonds is 4. The van der Waals surface area contributed by atoms with E-state index in [4.69, 9.17) is 0 Å². The van der Waals surface area contributed by atoms with Crippen LogP contribution in [0.5, 0.6) is 0 Å². The molecule has 1 atom stereocenters. The van der Waals surface area contributed by atoms with Gasteiger partial charge in [-0.2, -0.15) is 0 Å². The van der Waals surface area contributed by atoms with Crippen molar-refractivity contribution in [3.05, 3.63) is 46.5 Å². The zero-order valence-electron chi connectivity index (χ0n) is 8.86. The van der Waals surface area contributed by atoms with Crippen LogP contribution in [0.3, 0.4) is 0 Å². The summed E-state index contributed by atoms with van der Waals surface area (Å²) in [5.74, 6) is 0. The summed E-state index contributed by atoms with van der Waals surface area (Å²) in [6, 6.07) is 5.01. The normalized spacial score (nSPS) is 11.9. The summed E-state index contributed by atoms with van der Waals surface area (Å²) < 4.78 is 0. The molecule has 0 heterocycles. The Balaban J connectivity index is 3.13. The topological polar surface area (TPSA) is 55.2 Å². The highest BCUT2D eigenvalue weighted by Gasteiger charge is 2.15. The van der Waals surface area contributed by atoms with Gasteiger partial charge in [0.1, 0.15) is 5.69 Å². The third kappa shape index (κ3) is 2.56. The summed E-state index contributed by atoms with van der Waals surface area (Å²) in [5, 5.41) is 13.8. The van der Waals surface area contributed by atoms with Crippen LogP contribution < -0.4 is 5.32 Å². The van der Waals surface area contributed by atoms with Crippen LogP contribution in [0, 0.1) is 17.0 Å². The van der Waals surface area contributed by atoms with E-state index in [1.165, 1.54) is 6.07 Å². The molecule has 4 heteroatoms. The van der Waals surface area contributed by atoms with Gasteiger partial charge in [0, 0.05) is 12.1 Å². The summed E-state index contributed by atoms with van der Waals surface area (Å²) in [5.41, 5.74) is 1.52. The number of nitro groups is 1. The average molecular weight is 206 g/mol. The average Bonchev–Trinajstić information content (AvgIpc) is 2.20. The Morgan fingerprint density at radius 2 is 2.27 bits per heavy atom. The van der Waals surface area contributed by atoms with Crippen LogP contribution >= 0.6 is 0 Å². The van der Waals surface area contributed by atoms with Gasteiger partial charge >= 0.3 is 0 Å². The van der Waals surface area contributed by atoms with Gasteiger partial charge in [-0.05, 0) is 19.4 Å². The first-order valence-corrected chi connectivity index (χ1v) is 4.69. The Morgan fingerprint density at radius 3 is 2.80 bits per heavy atom. The van der Waals surface area contributed by atoms with Gasteiger partial charge in [-0.1, -0.05) is 18.2 Å². The van der Waals surface area contributed by atoms with Crippen molar-refractivity contribution in [1.29, 1.82) is 0 Å². The molecule has 0 radical (unpaired) electrons. The van der Waals surface area contributed by atoms with Gasteiger partial charge in [-0.25, -0.2) is 0 Å². The van der Waals surface area contributed by atoms with E-state index in [0.29, 0.717) is 5.69 Å². The number of nitro benzene ring substituents is 1. The van der Waals surface area contributed by atoms with E-state index in [1.54, 1.807) is 12.1 Å². The molecule has 80 valence electrons. The van der Waals surface area contributed by atoms with E-state index in [1.807, 2.05) is 19.9 Å². The van der Waals surface area contributed by atoms with E-state index in [-0.39, 0.29) is 16.7 Å². The van der Waals surface area contributed by atoms with Crippen molar-refractivity contribution in [2.24, 2.45) is 0 Å². The second kappa shape index (κ2) is 4.59. The molecule has 0 aliphatic heterocycles. The molecule has 1 unspecified atom stereocenters. The Kier molecular flexibility index (Phi) is 3.44. The Bertz CT molecular complexity index is 388. The number of hydrogen-bond donors (Lipinski definition) is 1. The van der Waals surface area contributed by atoms with Gasteiger partial charge in [-0.3, -0.25) is 10.1 Å². The molecule has 0 saturated heterocycles. The maximum atomic E-state index is 10.8. The van der Waals surface area contributed by atoms with E-state index in [0.717, 1.165) is 5.56 Å².